The lowest BCUT2D eigenvalue weighted by Crippen LogP contribution is -2.30. The van der Waals surface area contributed by atoms with Crippen molar-refractivity contribution in [2.24, 2.45) is 0 Å². The minimum atomic E-state index is -0.408. The van der Waals surface area contributed by atoms with Crippen LogP contribution in [0.25, 0.3) is 10.9 Å². The van der Waals surface area contributed by atoms with Gasteiger partial charge >= 0.3 is 0 Å². The zero-order chi connectivity index (χ0) is 19.4. The van der Waals surface area contributed by atoms with E-state index in [9.17, 15) is 5.11 Å². The number of thiophene rings is 1. The van der Waals surface area contributed by atoms with Crippen LogP contribution in [0.15, 0.2) is 35.7 Å². The molecule has 1 N–H and O–H groups in total. The standard InChI is InChI=1S/C21H26N2O3S/c1-14-7-8-27-20(14)13-23(11-15(2)24)12-17-9-16-5-6-18(25-3)10-19(16)22-21(17)26-4/h5-10,15,24H,11-13H2,1-4H3. The van der Waals surface area contributed by atoms with Crippen molar-refractivity contribution in [3.8, 4) is 11.6 Å². The zero-order valence-corrected chi connectivity index (χ0v) is 17.0. The summed E-state index contributed by atoms with van der Waals surface area (Å²) >= 11 is 1.75. The largest absolute Gasteiger partial charge is 0.497 e. The summed E-state index contributed by atoms with van der Waals surface area (Å²) in [6.45, 7) is 5.97. The van der Waals surface area contributed by atoms with Crippen molar-refractivity contribution >= 4 is 22.2 Å². The maximum Gasteiger partial charge on any atom is 0.218 e. The smallest absolute Gasteiger partial charge is 0.218 e. The average Bonchev–Trinajstić information content (AvgIpc) is 3.04. The van der Waals surface area contributed by atoms with Gasteiger partial charge in [0.05, 0.1) is 25.8 Å². The monoisotopic (exact) mass is 386 g/mol. The first-order chi connectivity index (χ1) is 13.0. The van der Waals surface area contributed by atoms with E-state index < -0.39 is 6.10 Å². The van der Waals surface area contributed by atoms with Crippen molar-refractivity contribution in [2.45, 2.75) is 33.0 Å². The molecular formula is C21H26N2O3S. The van der Waals surface area contributed by atoms with E-state index in [4.69, 9.17) is 9.47 Å². The SMILES string of the molecule is COc1ccc2cc(CN(Cc3sccc3C)CC(C)O)c(OC)nc2c1. The molecule has 6 heteroatoms. The predicted octanol–water partition coefficient (Wildman–Crippen LogP) is 4.00. The van der Waals surface area contributed by atoms with E-state index in [1.54, 1.807) is 25.6 Å². The van der Waals surface area contributed by atoms with Crippen molar-refractivity contribution in [1.29, 1.82) is 0 Å². The lowest BCUT2D eigenvalue weighted by molar-refractivity contribution is 0.118. The number of benzene rings is 1. The molecule has 0 saturated heterocycles. The van der Waals surface area contributed by atoms with E-state index in [1.807, 2.05) is 25.1 Å². The highest BCUT2D eigenvalue weighted by Gasteiger charge is 2.16. The van der Waals surface area contributed by atoms with Gasteiger partial charge in [-0.3, -0.25) is 4.90 Å². The van der Waals surface area contributed by atoms with Crippen LogP contribution >= 0.6 is 11.3 Å². The van der Waals surface area contributed by atoms with E-state index in [1.165, 1.54) is 10.4 Å². The summed E-state index contributed by atoms with van der Waals surface area (Å²) in [7, 11) is 3.29. The zero-order valence-electron chi connectivity index (χ0n) is 16.2. The summed E-state index contributed by atoms with van der Waals surface area (Å²) in [6, 6.07) is 10.1. The molecule has 2 heterocycles. The van der Waals surface area contributed by atoms with Crippen LogP contribution in [0.4, 0.5) is 0 Å². The van der Waals surface area contributed by atoms with E-state index in [0.717, 1.165) is 28.8 Å². The molecule has 0 bridgehead atoms. The van der Waals surface area contributed by atoms with Gasteiger partial charge in [-0.1, -0.05) is 0 Å². The number of aryl methyl sites for hydroxylation is 1. The van der Waals surface area contributed by atoms with Gasteiger partial charge in [0.1, 0.15) is 5.75 Å². The van der Waals surface area contributed by atoms with Crippen LogP contribution in [0, 0.1) is 6.92 Å². The Kier molecular flexibility index (Phi) is 6.31. The summed E-state index contributed by atoms with van der Waals surface area (Å²) in [4.78, 5) is 8.21. The summed E-state index contributed by atoms with van der Waals surface area (Å²) in [5.74, 6) is 1.38. The molecule has 0 aliphatic carbocycles. The van der Waals surface area contributed by atoms with E-state index in [0.29, 0.717) is 19.0 Å². The Labute approximate surface area is 164 Å². The maximum absolute atomic E-state index is 9.96. The number of hydrogen-bond donors (Lipinski definition) is 1. The number of pyridine rings is 1. The number of methoxy groups -OCH3 is 2. The Balaban J connectivity index is 1.91. The number of nitrogens with zero attached hydrogens (tertiary/aromatic N) is 2. The number of ether oxygens (including phenoxy) is 2. The van der Waals surface area contributed by atoms with Gasteiger partial charge in [-0.2, -0.15) is 0 Å². The van der Waals surface area contributed by atoms with Gasteiger partial charge < -0.3 is 14.6 Å². The Bertz CT molecular complexity index is 908. The second-order valence-electron chi connectivity index (χ2n) is 6.76. The number of rotatable bonds is 8. The van der Waals surface area contributed by atoms with Gasteiger partial charge in [-0.15, -0.1) is 11.3 Å². The molecule has 0 saturated carbocycles. The highest BCUT2D eigenvalue weighted by atomic mass is 32.1. The molecular weight excluding hydrogens is 360 g/mol. The summed E-state index contributed by atoms with van der Waals surface area (Å²) in [5.41, 5.74) is 3.13. The molecule has 2 aromatic heterocycles. The third-order valence-electron chi connectivity index (χ3n) is 4.51. The lowest BCUT2D eigenvalue weighted by Gasteiger charge is -2.24. The molecule has 5 nitrogen and oxygen atoms in total. The van der Waals surface area contributed by atoms with Crippen LogP contribution in [0.2, 0.25) is 0 Å². The molecule has 0 aliphatic heterocycles. The fraction of sp³-hybridized carbons (Fsp3) is 0.381. The van der Waals surface area contributed by atoms with Crippen molar-refractivity contribution in [2.75, 3.05) is 20.8 Å². The minimum absolute atomic E-state index is 0.408. The first kappa shape index (κ1) is 19.6. The third kappa shape index (κ3) is 4.77. The minimum Gasteiger partial charge on any atom is -0.497 e. The fourth-order valence-corrected chi connectivity index (χ4v) is 4.11. The van der Waals surface area contributed by atoms with Crippen LogP contribution < -0.4 is 9.47 Å². The van der Waals surface area contributed by atoms with Crippen LogP contribution in [0.1, 0.15) is 22.9 Å². The Morgan fingerprint density at radius 2 is 1.96 bits per heavy atom. The topological polar surface area (TPSA) is 54.8 Å². The third-order valence-corrected chi connectivity index (χ3v) is 5.52. The maximum atomic E-state index is 9.96. The van der Waals surface area contributed by atoms with Crippen LogP contribution in [-0.2, 0) is 13.1 Å². The number of hydrogen-bond acceptors (Lipinski definition) is 6. The predicted molar refractivity (Wildman–Crippen MR) is 110 cm³/mol. The lowest BCUT2D eigenvalue weighted by atomic mass is 10.1. The number of aromatic nitrogens is 1. The Morgan fingerprint density at radius 1 is 1.15 bits per heavy atom. The Hall–Kier alpha value is -2.15. The molecule has 3 aromatic rings. The molecule has 0 spiro atoms. The molecule has 0 radical (unpaired) electrons. The molecule has 1 aromatic carbocycles. The number of aliphatic hydroxyl groups excluding tert-OH is 1. The molecule has 0 amide bonds. The first-order valence-corrected chi connectivity index (χ1v) is 9.83. The highest BCUT2D eigenvalue weighted by Crippen LogP contribution is 2.27. The molecule has 3 rings (SSSR count). The van der Waals surface area contributed by atoms with Crippen molar-refractivity contribution < 1.29 is 14.6 Å². The summed E-state index contributed by atoms with van der Waals surface area (Å²) in [5, 5.41) is 13.1. The fourth-order valence-electron chi connectivity index (χ4n) is 3.16. The van der Waals surface area contributed by atoms with Crippen molar-refractivity contribution in [1.82, 2.24) is 9.88 Å². The van der Waals surface area contributed by atoms with Gasteiger partial charge in [0.25, 0.3) is 0 Å². The second kappa shape index (κ2) is 8.69. The van der Waals surface area contributed by atoms with E-state index >= 15 is 0 Å². The van der Waals surface area contributed by atoms with Crippen molar-refractivity contribution in [3.63, 3.8) is 0 Å². The Morgan fingerprint density at radius 3 is 2.59 bits per heavy atom. The van der Waals surface area contributed by atoms with Crippen LogP contribution in [0.3, 0.4) is 0 Å². The molecule has 27 heavy (non-hydrogen) atoms. The molecule has 144 valence electrons. The van der Waals surface area contributed by atoms with E-state index in [-0.39, 0.29) is 0 Å². The van der Waals surface area contributed by atoms with Gasteiger partial charge in [0.2, 0.25) is 5.88 Å². The van der Waals surface area contributed by atoms with Crippen LogP contribution in [0.5, 0.6) is 11.6 Å². The molecule has 1 unspecified atom stereocenters. The molecule has 1 atom stereocenters. The van der Waals surface area contributed by atoms with Gasteiger partial charge in [0.15, 0.2) is 0 Å². The van der Waals surface area contributed by atoms with E-state index in [2.05, 4.69) is 34.3 Å². The summed E-state index contributed by atoms with van der Waals surface area (Å²) < 4.78 is 10.8. The second-order valence-corrected chi connectivity index (χ2v) is 7.76. The average molecular weight is 387 g/mol. The number of fused-ring (bicyclic) bond motifs is 1. The first-order valence-electron chi connectivity index (χ1n) is 8.95. The molecule has 0 aliphatic rings. The summed E-state index contributed by atoms with van der Waals surface area (Å²) in [6.07, 6.45) is -0.408. The normalized spacial score (nSPS) is 12.5. The number of aliphatic hydroxyl groups is 1. The van der Waals surface area contributed by atoms with Crippen molar-refractivity contribution in [3.05, 3.63) is 51.7 Å². The molecule has 0 fully saturated rings. The highest BCUT2D eigenvalue weighted by molar-refractivity contribution is 7.10. The van der Waals surface area contributed by atoms with Gasteiger partial charge in [0, 0.05) is 41.5 Å². The van der Waals surface area contributed by atoms with Gasteiger partial charge in [-0.05, 0) is 49.1 Å². The van der Waals surface area contributed by atoms with Gasteiger partial charge in [-0.25, -0.2) is 4.98 Å². The quantitative estimate of drug-likeness (QED) is 0.634. The van der Waals surface area contributed by atoms with Crippen LogP contribution in [-0.4, -0.2) is 41.9 Å².